The average Bonchev–Trinajstić information content (AvgIpc) is 2.62. The van der Waals surface area contributed by atoms with Crippen LogP contribution in [0, 0.1) is 27.3 Å². The van der Waals surface area contributed by atoms with Gasteiger partial charge in [-0.1, -0.05) is 24.3 Å². The van der Waals surface area contributed by atoms with Crippen LogP contribution in [-0.2, 0) is 6.42 Å². The van der Waals surface area contributed by atoms with Crippen LogP contribution in [0.25, 0.3) is 0 Å². The van der Waals surface area contributed by atoms with Crippen LogP contribution < -0.4 is 4.90 Å². The van der Waals surface area contributed by atoms with Crippen LogP contribution in [0.4, 0.5) is 15.8 Å². The third-order valence-corrected chi connectivity index (χ3v) is 4.68. The average molecular weight is 339 g/mol. The predicted octanol–water partition coefficient (Wildman–Crippen LogP) is 4.18. The van der Waals surface area contributed by atoms with E-state index in [1.165, 1.54) is 17.7 Å². The molecule has 1 fully saturated rings. The molecule has 3 rings (SSSR count). The first-order valence-electron chi connectivity index (χ1n) is 8.23. The molecule has 0 radical (unpaired) electrons. The van der Waals surface area contributed by atoms with Gasteiger partial charge in [0.15, 0.2) is 5.82 Å². The van der Waals surface area contributed by atoms with Crippen LogP contribution in [0.3, 0.4) is 0 Å². The van der Waals surface area contributed by atoms with Gasteiger partial charge in [0.1, 0.15) is 0 Å². The lowest BCUT2D eigenvalue weighted by molar-refractivity contribution is -0.385. The Kier molecular flexibility index (Phi) is 4.94. The summed E-state index contributed by atoms with van der Waals surface area (Å²) in [7, 11) is 0. The van der Waals surface area contributed by atoms with E-state index in [9.17, 15) is 14.5 Å². The van der Waals surface area contributed by atoms with Gasteiger partial charge in [0.2, 0.25) is 0 Å². The number of piperidine rings is 1. The smallest absolute Gasteiger partial charge is 0.272 e. The minimum Gasteiger partial charge on any atom is -0.369 e. The molecule has 1 saturated heterocycles. The maximum absolute atomic E-state index is 14.2. The van der Waals surface area contributed by atoms with Gasteiger partial charge < -0.3 is 4.90 Å². The molecule has 2 aromatic carbocycles. The Balaban J connectivity index is 1.69. The molecule has 0 bridgehead atoms. The first kappa shape index (κ1) is 16.9. The zero-order valence-corrected chi connectivity index (χ0v) is 13.7. The summed E-state index contributed by atoms with van der Waals surface area (Å²) >= 11 is 0. The van der Waals surface area contributed by atoms with E-state index in [1.54, 1.807) is 0 Å². The van der Waals surface area contributed by atoms with Crippen molar-refractivity contribution in [1.82, 2.24) is 0 Å². The minimum absolute atomic E-state index is 0.231. The molecule has 0 aliphatic carbocycles. The molecular weight excluding hydrogens is 321 g/mol. The molecule has 0 N–H and O–H groups in total. The van der Waals surface area contributed by atoms with Crippen molar-refractivity contribution < 1.29 is 9.31 Å². The number of rotatable bonds is 4. The van der Waals surface area contributed by atoms with Gasteiger partial charge in [-0.2, -0.15) is 5.26 Å². The molecule has 1 aliphatic heterocycles. The summed E-state index contributed by atoms with van der Waals surface area (Å²) in [5.41, 5.74) is 2.42. The van der Waals surface area contributed by atoms with E-state index >= 15 is 0 Å². The van der Waals surface area contributed by atoms with Gasteiger partial charge in [-0.25, -0.2) is 4.39 Å². The van der Waals surface area contributed by atoms with Gasteiger partial charge in [-0.05, 0) is 36.0 Å². The van der Waals surface area contributed by atoms with E-state index in [0.29, 0.717) is 31.1 Å². The highest BCUT2D eigenvalue weighted by atomic mass is 19.1. The van der Waals surface area contributed by atoms with Crippen molar-refractivity contribution in [3.63, 3.8) is 0 Å². The number of nitrogens with zero attached hydrogens (tertiary/aromatic N) is 3. The monoisotopic (exact) mass is 339 g/mol. The molecule has 1 aliphatic rings. The molecule has 1 heterocycles. The van der Waals surface area contributed by atoms with Gasteiger partial charge in [0.05, 0.1) is 29.2 Å². The topological polar surface area (TPSA) is 70.2 Å². The van der Waals surface area contributed by atoms with Crippen molar-refractivity contribution >= 4 is 11.4 Å². The third kappa shape index (κ3) is 3.77. The molecular formula is C19H18FN3O2. The number of nitro groups is 1. The summed E-state index contributed by atoms with van der Waals surface area (Å²) in [4.78, 5) is 12.1. The van der Waals surface area contributed by atoms with Crippen LogP contribution >= 0.6 is 0 Å². The summed E-state index contributed by atoms with van der Waals surface area (Å²) in [6.07, 6.45) is 2.17. The van der Waals surface area contributed by atoms with Gasteiger partial charge >= 0.3 is 0 Å². The van der Waals surface area contributed by atoms with Gasteiger partial charge in [-0.15, -0.1) is 0 Å². The molecule has 2 aromatic rings. The molecule has 0 unspecified atom stereocenters. The number of hydrogen-bond donors (Lipinski definition) is 0. The van der Waals surface area contributed by atoms with Crippen molar-refractivity contribution in [1.29, 1.82) is 5.26 Å². The Labute approximate surface area is 145 Å². The van der Waals surface area contributed by atoms with Crippen molar-refractivity contribution in [2.24, 2.45) is 0 Å². The molecule has 0 aromatic heterocycles. The van der Waals surface area contributed by atoms with E-state index in [4.69, 9.17) is 5.26 Å². The van der Waals surface area contributed by atoms with Crippen molar-refractivity contribution in [3.8, 4) is 6.07 Å². The highest BCUT2D eigenvalue weighted by molar-refractivity contribution is 5.52. The number of non-ortho nitro benzene ring substituents is 1. The van der Waals surface area contributed by atoms with Crippen molar-refractivity contribution in [2.45, 2.75) is 25.2 Å². The summed E-state index contributed by atoms with van der Waals surface area (Å²) < 4.78 is 14.2. The van der Waals surface area contributed by atoms with Crippen molar-refractivity contribution in [3.05, 3.63) is 69.5 Å². The second-order valence-electron chi connectivity index (χ2n) is 6.23. The number of nitro benzene ring substituents is 1. The molecule has 0 spiro atoms. The largest absolute Gasteiger partial charge is 0.369 e. The van der Waals surface area contributed by atoms with E-state index in [-0.39, 0.29) is 5.69 Å². The van der Waals surface area contributed by atoms with Gasteiger partial charge in [0, 0.05) is 19.2 Å². The molecule has 5 nitrogen and oxygen atoms in total. The summed E-state index contributed by atoms with van der Waals surface area (Å²) in [6, 6.07) is 14.1. The van der Waals surface area contributed by atoms with E-state index in [1.807, 2.05) is 17.0 Å². The Hall–Kier alpha value is -2.94. The van der Waals surface area contributed by atoms with Gasteiger partial charge in [-0.3, -0.25) is 10.1 Å². The zero-order chi connectivity index (χ0) is 17.8. The normalized spacial score (nSPS) is 15.0. The number of hydrogen-bond acceptors (Lipinski definition) is 4. The standard InChI is InChI=1S/C19H18FN3O2/c20-18-13-17(23(24)25)4-5-19(18)22-10-7-15(8-11-22)16-3-1-2-14(12-16)6-9-21/h1-5,12-13,15H,6-8,10-11H2. The predicted molar refractivity (Wildman–Crippen MR) is 93.0 cm³/mol. The highest BCUT2D eigenvalue weighted by Gasteiger charge is 2.23. The Morgan fingerprint density at radius 2 is 2.00 bits per heavy atom. The molecule has 0 amide bonds. The number of halogens is 1. The minimum atomic E-state index is -0.590. The quantitative estimate of drug-likeness (QED) is 0.619. The summed E-state index contributed by atoms with van der Waals surface area (Å²) in [5.74, 6) is -0.167. The summed E-state index contributed by atoms with van der Waals surface area (Å²) in [6.45, 7) is 1.39. The lowest BCUT2D eigenvalue weighted by Gasteiger charge is -2.34. The number of nitriles is 1. The second kappa shape index (κ2) is 7.31. The lowest BCUT2D eigenvalue weighted by Crippen LogP contribution is -2.33. The van der Waals surface area contributed by atoms with Crippen LogP contribution in [0.5, 0.6) is 0 Å². The fourth-order valence-corrected chi connectivity index (χ4v) is 3.37. The highest BCUT2D eigenvalue weighted by Crippen LogP contribution is 2.32. The van der Waals surface area contributed by atoms with Crippen molar-refractivity contribution in [2.75, 3.05) is 18.0 Å². The van der Waals surface area contributed by atoms with Gasteiger partial charge in [0.25, 0.3) is 5.69 Å². The third-order valence-electron chi connectivity index (χ3n) is 4.68. The molecule has 6 heteroatoms. The Morgan fingerprint density at radius 1 is 1.24 bits per heavy atom. The summed E-state index contributed by atoms with van der Waals surface area (Å²) in [5, 5.41) is 19.5. The lowest BCUT2D eigenvalue weighted by atomic mass is 9.88. The van der Waals surface area contributed by atoms with Crippen LogP contribution in [0.2, 0.25) is 0 Å². The maximum Gasteiger partial charge on any atom is 0.272 e. The Bertz CT molecular complexity index is 824. The second-order valence-corrected chi connectivity index (χ2v) is 6.23. The van der Waals surface area contributed by atoms with Crippen LogP contribution in [0.15, 0.2) is 42.5 Å². The van der Waals surface area contributed by atoms with E-state index in [0.717, 1.165) is 24.5 Å². The molecule has 128 valence electrons. The zero-order valence-electron chi connectivity index (χ0n) is 13.7. The molecule has 0 saturated carbocycles. The van der Waals surface area contributed by atoms with Crippen LogP contribution in [0.1, 0.15) is 29.9 Å². The Morgan fingerprint density at radius 3 is 2.64 bits per heavy atom. The fourth-order valence-electron chi connectivity index (χ4n) is 3.37. The first-order valence-corrected chi connectivity index (χ1v) is 8.23. The molecule has 25 heavy (non-hydrogen) atoms. The number of benzene rings is 2. The molecule has 0 atom stereocenters. The SMILES string of the molecule is N#CCc1cccc(C2CCN(c3ccc([N+](=O)[O-])cc3F)CC2)c1. The van der Waals surface area contributed by atoms with E-state index in [2.05, 4.69) is 18.2 Å². The van der Waals surface area contributed by atoms with Crippen LogP contribution in [-0.4, -0.2) is 18.0 Å². The first-order chi connectivity index (χ1) is 12.1. The van der Waals surface area contributed by atoms with E-state index < -0.39 is 10.7 Å². The fraction of sp³-hybridized carbons (Fsp3) is 0.316. The number of anilines is 1. The maximum atomic E-state index is 14.2.